The Labute approximate surface area is 258 Å². The Morgan fingerprint density at radius 1 is 1.02 bits per heavy atom. The lowest BCUT2D eigenvalue weighted by Gasteiger charge is -2.69. The number of allylic oxidation sites excluding steroid dienone is 4. The highest BCUT2D eigenvalue weighted by molar-refractivity contribution is 7.92. The van der Waals surface area contributed by atoms with E-state index in [0.29, 0.717) is 24.1 Å². The zero-order valence-corrected chi connectivity index (χ0v) is 27.7. The third kappa shape index (κ3) is 4.29. The van der Waals surface area contributed by atoms with E-state index in [1.807, 2.05) is 26.0 Å². The van der Waals surface area contributed by atoms with Crippen LogP contribution in [-0.2, 0) is 19.3 Å². The van der Waals surface area contributed by atoms with Crippen LogP contribution in [0.5, 0.6) is 0 Å². The minimum Gasteiger partial charge on any atom is -0.311 e. The Balaban J connectivity index is 1.38. The predicted molar refractivity (Wildman–Crippen MR) is 167 cm³/mol. The molecule has 6 rings (SSSR count). The summed E-state index contributed by atoms with van der Waals surface area (Å²) in [6.45, 7) is 11.6. The van der Waals surface area contributed by atoms with Crippen molar-refractivity contribution < 1.29 is 13.8 Å². The number of hydrogen-bond donors (Lipinski definition) is 1. The van der Waals surface area contributed by atoms with Crippen molar-refractivity contribution in [2.24, 2.45) is 49.2 Å². The highest BCUT2D eigenvalue weighted by Gasteiger charge is 2.70. The first-order valence-corrected chi connectivity index (χ1v) is 18.4. The van der Waals surface area contributed by atoms with Crippen LogP contribution in [0.25, 0.3) is 0 Å². The van der Waals surface area contributed by atoms with Gasteiger partial charge in [0.25, 0.3) is 0 Å². The fourth-order valence-electron chi connectivity index (χ4n) is 11.2. The maximum Gasteiger partial charge on any atom is 0.214 e. The smallest absolute Gasteiger partial charge is 0.214 e. The third-order valence-electron chi connectivity index (χ3n) is 14.0. The Bertz CT molecular complexity index is 1550. The third-order valence-corrected chi connectivity index (χ3v) is 15.5. The Morgan fingerprint density at radius 3 is 2.35 bits per heavy atom. The molecule has 1 N–H and O–H groups in total. The minimum atomic E-state index is -2.50. The van der Waals surface area contributed by atoms with Crippen molar-refractivity contribution in [2.75, 3.05) is 18.6 Å². The van der Waals surface area contributed by atoms with E-state index < -0.39 is 20.6 Å². The van der Waals surface area contributed by atoms with Crippen molar-refractivity contribution in [3.8, 4) is 12.3 Å². The molecule has 0 aromatic carbocycles. The van der Waals surface area contributed by atoms with Gasteiger partial charge in [-0.25, -0.2) is 4.21 Å². The summed E-state index contributed by atoms with van der Waals surface area (Å²) >= 11 is 0. The summed E-state index contributed by atoms with van der Waals surface area (Å²) in [6.07, 6.45) is 17.5. The van der Waals surface area contributed by atoms with Crippen LogP contribution < -0.4 is 5.32 Å². The number of fused-ring (bicyclic) bond motifs is 7. The van der Waals surface area contributed by atoms with Crippen molar-refractivity contribution >= 4 is 21.3 Å². The van der Waals surface area contributed by atoms with Crippen molar-refractivity contribution in [3.63, 3.8) is 0 Å². The molecule has 6 aliphatic rings. The quantitative estimate of drug-likeness (QED) is 0.291. The Hall–Kier alpha value is -2.29. The Morgan fingerprint density at radius 2 is 1.70 bits per heavy atom. The van der Waals surface area contributed by atoms with E-state index >= 15 is 0 Å². The number of carbonyl (C=O) groups excluding carboxylic acids is 2. The lowest BCUT2D eigenvalue weighted by molar-refractivity contribution is -0.159. The van der Waals surface area contributed by atoms with Crippen LogP contribution in [0, 0.1) is 67.6 Å². The van der Waals surface area contributed by atoms with Crippen molar-refractivity contribution in [2.45, 2.75) is 104 Å². The number of nitrogens with zero attached hydrogens (tertiary/aromatic N) is 3. The number of nitrogens with one attached hydrogen (secondary N) is 1. The maximum atomic E-state index is 14.6. The van der Waals surface area contributed by atoms with Gasteiger partial charge in [0, 0.05) is 34.3 Å². The number of nitriles is 2. The summed E-state index contributed by atoms with van der Waals surface area (Å²) in [6, 6.07) is 2.20. The molecular weight excluding hydrogens is 556 g/mol. The molecule has 0 amide bonds. The molecule has 0 radical (unpaired) electrons. The van der Waals surface area contributed by atoms with Gasteiger partial charge in [-0.3, -0.25) is 9.59 Å². The summed E-state index contributed by atoms with van der Waals surface area (Å²) in [5.74, 6) is 0.753. The Kier molecular flexibility index (Phi) is 6.86. The van der Waals surface area contributed by atoms with Gasteiger partial charge < -0.3 is 5.32 Å². The zero-order chi connectivity index (χ0) is 31.3. The molecule has 4 fully saturated rings. The summed E-state index contributed by atoms with van der Waals surface area (Å²) in [5.41, 5.74) is 0.0327. The molecule has 0 bridgehead atoms. The first-order chi connectivity index (χ1) is 20.0. The predicted octanol–water partition coefficient (Wildman–Crippen LogP) is 6.27. The molecule has 43 heavy (non-hydrogen) atoms. The average Bonchev–Trinajstić information content (AvgIpc) is 3.69. The van der Waals surface area contributed by atoms with Crippen molar-refractivity contribution in [3.05, 3.63) is 23.3 Å². The van der Waals surface area contributed by atoms with Crippen LogP contribution in [0.3, 0.4) is 0 Å². The van der Waals surface area contributed by atoms with Gasteiger partial charge in [-0.2, -0.15) is 10.5 Å². The summed E-state index contributed by atoms with van der Waals surface area (Å²) < 4.78 is 16.2. The lowest BCUT2D eigenvalue weighted by Crippen LogP contribution is -2.69. The molecule has 4 saturated carbocycles. The molecule has 1 spiro atoms. The van der Waals surface area contributed by atoms with E-state index in [1.54, 1.807) is 12.4 Å². The molecule has 0 aromatic heterocycles. The molecule has 1 unspecified atom stereocenters. The van der Waals surface area contributed by atoms with Crippen molar-refractivity contribution in [1.29, 1.82) is 10.5 Å². The largest absolute Gasteiger partial charge is 0.311 e. The van der Waals surface area contributed by atoms with E-state index in [-0.39, 0.29) is 51.3 Å². The van der Waals surface area contributed by atoms with Crippen LogP contribution >= 0.6 is 0 Å². The average molecular weight is 605 g/mol. The second-order valence-electron chi connectivity index (χ2n) is 16.4. The van der Waals surface area contributed by atoms with Crippen molar-refractivity contribution in [1.82, 2.24) is 5.32 Å². The molecule has 8 atom stereocenters. The summed E-state index contributed by atoms with van der Waals surface area (Å²) in [4.78, 5) is 28.0. The van der Waals surface area contributed by atoms with Crippen LogP contribution in [0.2, 0.25) is 0 Å². The number of rotatable bonds is 5. The molecule has 7 nitrogen and oxygen atoms in total. The standard InChI is InChI=1S/C35H48N4O3S/c1-30(2)26-8-9-32(4)27(31(26,3)19-23(21-36)29(30)41)18-25(40)28-24-20-34(11-12-34)13-15-35(24,14-10-33(28,32)5)38-16-7-17-43(6,42)39-22-37/h18-19,24,26,28,38H,7-17,20H2,1-6H3/t24-,26-,28-,31-,32+,33+,35+,43?/m0/s1. The zero-order valence-electron chi connectivity index (χ0n) is 26.8. The van der Waals surface area contributed by atoms with Gasteiger partial charge in [0.15, 0.2) is 11.6 Å². The van der Waals surface area contributed by atoms with Crippen LogP contribution in [0.15, 0.2) is 27.7 Å². The van der Waals surface area contributed by atoms with Gasteiger partial charge in [0.2, 0.25) is 6.19 Å². The monoisotopic (exact) mass is 604 g/mol. The number of carbonyl (C=O) groups is 2. The van der Waals surface area contributed by atoms with Gasteiger partial charge in [-0.05, 0) is 105 Å². The molecule has 232 valence electrons. The van der Waals surface area contributed by atoms with Gasteiger partial charge in [-0.15, -0.1) is 4.36 Å². The second kappa shape index (κ2) is 9.60. The van der Waals surface area contributed by atoms with E-state index in [1.165, 1.54) is 19.3 Å². The molecule has 0 aromatic rings. The maximum absolute atomic E-state index is 14.6. The summed E-state index contributed by atoms with van der Waals surface area (Å²) in [5, 5.41) is 22.8. The SMILES string of the molecule is CC1(C)C(=O)C(C#N)=C[C@]2(C)C3=CC(=O)[C@@H]4[C@@H]5CC6(CC6)CC[C@]5(NCCCS(C)(=O)=NC#N)CC[C@@]4(C)[C@]3(C)CC[C@@H]12. The van der Waals surface area contributed by atoms with Crippen LogP contribution in [-0.4, -0.2) is 39.9 Å². The van der Waals surface area contributed by atoms with Gasteiger partial charge in [0.1, 0.15) is 6.07 Å². The molecule has 0 saturated heterocycles. The fourth-order valence-corrected chi connectivity index (χ4v) is 12.1. The van der Waals surface area contributed by atoms with Gasteiger partial charge in [0.05, 0.1) is 15.3 Å². The van der Waals surface area contributed by atoms with E-state index in [2.05, 4.69) is 36.5 Å². The molecule has 0 heterocycles. The minimum absolute atomic E-state index is 0.0484. The second-order valence-corrected chi connectivity index (χ2v) is 18.9. The lowest BCUT2D eigenvalue weighted by atomic mass is 9.35. The number of ketones is 2. The molecule has 8 heteroatoms. The van der Waals surface area contributed by atoms with Crippen LogP contribution in [0.4, 0.5) is 0 Å². The molecule has 6 aliphatic carbocycles. The highest BCUT2D eigenvalue weighted by atomic mass is 32.2. The topological polar surface area (TPSA) is 123 Å². The highest BCUT2D eigenvalue weighted by Crippen LogP contribution is 2.74. The molecule has 0 aliphatic heterocycles. The van der Waals surface area contributed by atoms with E-state index in [0.717, 1.165) is 44.1 Å². The first-order valence-electron chi connectivity index (χ1n) is 16.3. The normalized spacial score (nSPS) is 43.3. The van der Waals surface area contributed by atoms with Gasteiger partial charge >= 0.3 is 0 Å². The van der Waals surface area contributed by atoms with E-state index in [4.69, 9.17) is 5.26 Å². The number of Topliss-reactive ketones (excluding diaryl/α,β-unsaturated/α-hetero) is 1. The van der Waals surface area contributed by atoms with E-state index in [9.17, 15) is 19.1 Å². The first kappa shape index (κ1) is 30.7. The molecular formula is C35H48N4O3S. The van der Waals surface area contributed by atoms with Crippen LogP contribution in [0.1, 0.15) is 98.8 Å². The fraction of sp³-hybridized carbons (Fsp3) is 0.771. The number of hydrogen-bond acceptors (Lipinski definition) is 7. The van der Waals surface area contributed by atoms with Gasteiger partial charge in [-0.1, -0.05) is 46.3 Å². The summed E-state index contributed by atoms with van der Waals surface area (Å²) in [7, 11) is -2.50.